The molecule has 1 aromatic heterocycles. The molecular weight excluding hydrogens is 254 g/mol. The first-order chi connectivity index (χ1) is 6.24. The number of aromatic nitrogens is 2. The molecule has 0 unspecified atom stereocenters. The van der Waals surface area contributed by atoms with Gasteiger partial charge in [0.2, 0.25) is 5.13 Å². The Morgan fingerprint density at radius 1 is 1.46 bits per heavy atom. The molecule has 0 amide bonds. The third kappa shape index (κ3) is 2.38. The van der Waals surface area contributed by atoms with E-state index in [1.54, 1.807) is 0 Å². The molecule has 2 N–H and O–H groups in total. The number of anilines is 1. The van der Waals surface area contributed by atoms with Crippen LogP contribution in [0.15, 0.2) is 3.92 Å². The molecule has 4 nitrogen and oxygen atoms in total. The number of hydrogen-bond acceptors (Lipinski definition) is 5. The van der Waals surface area contributed by atoms with Crippen molar-refractivity contribution in [1.82, 2.24) is 10.2 Å². The van der Waals surface area contributed by atoms with Crippen molar-refractivity contribution in [2.75, 3.05) is 5.32 Å². The zero-order valence-electron chi connectivity index (χ0n) is 6.90. The summed E-state index contributed by atoms with van der Waals surface area (Å²) in [7, 11) is 0. The summed E-state index contributed by atoms with van der Waals surface area (Å²) in [6.45, 7) is 0. The predicted molar refractivity (Wildman–Crippen MR) is 54.9 cm³/mol. The molecule has 1 heterocycles. The number of hydrogen-bond donors (Lipinski definition) is 2. The average molecular weight is 264 g/mol. The molecule has 0 bridgehead atoms. The first kappa shape index (κ1) is 9.36. The van der Waals surface area contributed by atoms with Crippen LogP contribution >= 0.6 is 27.3 Å². The van der Waals surface area contributed by atoms with Crippen LogP contribution in [0.2, 0.25) is 0 Å². The van der Waals surface area contributed by atoms with Gasteiger partial charge in [-0.15, -0.1) is 10.2 Å². The Labute approximate surface area is 88.5 Å². The summed E-state index contributed by atoms with van der Waals surface area (Å²) in [4.78, 5) is 0. The fraction of sp³-hybridized carbons (Fsp3) is 0.714. The number of aliphatic hydroxyl groups is 1. The van der Waals surface area contributed by atoms with Gasteiger partial charge < -0.3 is 10.4 Å². The second-order valence-corrected chi connectivity index (χ2v) is 5.42. The Morgan fingerprint density at radius 3 is 2.85 bits per heavy atom. The summed E-state index contributed by atoms with van der Waals surface area (Å²) in [6.07, 6.45) is 2.57. The fourth-order valence-corrected chi connectivity index (χ4v) is 2.61. The normalized spacial score (nSPS) is 27.8. The molecule has 0 aliphatic heterocycles. The second kappa shape index (κ2) is 3.89. The molecule has 6 heteroatoms. The van der Waals surface area contributed by atoms with E-state index < -0.39 is 0 Å². The van der Waals surface area contributed by atoms with Crippen LogP contribution in [0.1, 0.15) is 19.3 Å². The first-order valence-corrected chi connectivity index (χ1v) is 5.78. The van der Waals surface area contributed by atoms with Crippen LogP contribution in [-0.2, 0) is 0 Å². The molecule has 1 aliphatic rings. The van der Waals surface area contributed by atoms with E-state index in [0.717, 1.165) is 28.3 Å². The van der Waals surface area contributed by atoms with Crippen molar-refractivity contribution in [1.29, 1.82) is 0 Å². The predicted octanol–water partition coefficient (Wildman–Crippen LogP) is 1.63. The molecule has 1 saturated carbocycles. The molecular formula is C7H10BrN3OS. The van der Waals surface area contributed by atoms with Crippen molar-refractivity contribution < 1.29 is 5.11 Å². The lowest BCUT2D eigenvalue weighted by molar-refractivity contribution is 0.182. The van der Waals surface area contributed by atoms with E-state index in [1.807, 2.05) is 0 Å². The number of aliphatic hydroxyl groups excluding tert-OH is 1. The van der Waals surface area contributed by atoms with Crippen molar-refractivity contribution in [3.05, 3.63) is 3.92 Å². The van der Waals surface area contributed by atoms with Crippen molar-refractivity contribution in [3.8, 4) is 0 Å². The highest BCUT2D eigenvalue weighted by molar-refractivity contribution is 9.11. The van der Waals surface area contributed by atoms with Gasteiger partial charge in [-0.05, 0) is 35.2 Å². The minimum atomic E-state index is -0.145. The molecule has 0 spiro atoms. The molecule has 1 aliphatic carbocycles. The largest absolute Gasteiger partial charge is 0.393 e. The molecule has 1 fully saturated rings. The number of nitrogens with one attached hydrogen (secondary N) is 1. The summed E-state index contributed by atoms with van der Waals surface area (Å²) in [5.74, 6) is 0. The molecule has 1 aromatic rings. The zero-order valence-corrected chi connectivity index (χ0v) is 9.31. The minimum Gasteiger partial charge on any atom is -0.393 e. The number of halogens is 1. The minimum absolute atomic E-state index is 0.145. The molecule has 2 atom stereocenters. The maximum atomic E-state index is 9.30. The lowest BCUT2D eigenvalue weighted by Gasteiger charge is -2.08. The van der Waals surface area contributed by atoms with E-state index in [4.69, 9.17) is 0 Å². The Bertz CT molecular complexity index is 293. The first-order valence-electron chi connectivity index (χ1n) is 4.17. The second-order valence-electron chi connectivity index (χ2n) is 3.17. The van der Waals surface area contributed by atoms with Crippen molar-refractivity contribution in [3.63, 3.8) is 0 Å². The standard InChI is InChI=1S/C7H10BrN3OS/c8-6-10-11-7(13-6)9-4-1-2-5(12)3-4/h4-5,12H,1-3H2,(H,9,11)/t4-,5+/m0/s1. The van der Waals surface area contributed by atoms with Gasteiger partial charge in [0.1, 0.15) is 0 Å². The summed E-state index contributed by atoms with van der Waals surface area (Å²) in [5.41, 5.74) is 0. The quantitative estimate of drug-likeness (QED) is 0.852. The molecule has 2 rings (SSSR count). The van der Waals surface area contributed by atoms with Gasteiger partial charge in [-0.2, -0.15) is 0 Å². The smallest absolute Gasteiger partial charge is 0.206 e. The van der Waals surface area contributed by atoms with Crippen LogP contribution in [0.25, 0.3) is 0 Å². The van der Waals surface area contributed by atoms with E-state index in [1.165, 1.54) is 11.3 Å². The van der Waals surface area contributed by atoms with Crippen LogP contribution in [0, 0.1) is 0 Å². The Kier molecular flexibility index (Phi) is 2.80. The highest BCUT2D eigenvalue weighted by Gasteiger charge is 2.23. The topological polar surface area (TPSA) is 58.0 Å². The van der Waals surface area contributed by atoms with Gasteiger partial charge in [0.15, 0.2) is 3.92 Å². The third-order valence-electron chi connectivity index (χ3n) is 2.13. The van der Waals surface area contributed by atoms with Crippen LogP contribution in [0.3, 0.4) is 0 Å². The van der Waals surface area contributed by atoms with Crippen molar-refractivity contribution >= 4 is 32.4 Å². The zero-order chi connectivity index (χ0) is 9.26. The highest BCUT2D eigenvalue weighted by Crippen LogP contribution is 2.26. The van der Waals surface area contributed by atoms with Gasteiger partial charge >= 0.3 is 0 Å². The van der Waals surface area contributed by atoms with Gasteiger partial charge in [0.05, 0.1) is 6.10 Å². The van der Waals surface area contributed by atoms with Gasteiger partial charge in [-0.3, -0.25) is 0 Å². The molecule has 0 aromatic carbocycles. The summed E-state index contributed by atoms with van der Waals surface area (Å²) < 4.78 is 0.786. The lowest BCUT2D eigenvalue weighted by atomic mass is 10.2. The van der Waals surface area contributed by atoms with Gasteiger partial charge in [0.25, 0.3) is 0 Å². The Morgan fingerprint density at radius 2 is 2.31 bits per heavy atom. The lowest BCUT2D eigenvalue weighted by Crippen LogP contribution is -2.16. The van der Waals surface area contributed by atoms with Crippen LogP contribution < -0.4 is 5.32 Å². The van der Waals surface area contributed by atoms with Gasteiger partial charge in [-0.1, -0.05) is 11.3 Å². The van der Waals surface area contributed by atoms with E-state index in [-0.39, 0.29) is 6.10 Å². The monoisotopic (exact) mass is 263 g/mol. The molecule has 72 valence electrons. The van der Waals surface area contributed by atoms with Crippen molar-refractivity contribution in [2.24, 2.45) is 0 Å². The van der Waals surface area contributed by atoms with E-state index in [9.17, 15) is 5.11 Å². The van der Waals surface area contributed by atoms with Gasteiger partial charge in [0, 0.05) is 6.04 Å². The highest BCUT2D eigenvalue weighted by atomic mass is 79.9. The molecule has 13 heavy (non-hydrogen) atoms. The van der Waals surface area contributed by atoms with Crippen molar-refractivity contribution in [2.45, 2.75) is 31.4 Å². The van der Waals surface area contributed by atoms with Crippen LogP contribution in [0.4, 0.5) is 5.13 Å². The average Bonchev–Trinajstić information content (AvgIpc) is 2.62. The third-order valence-corrected chi connectivity index (χ3v) is 3.42. The maximum Gasteiger partial charge on any atom is 0.206 e. The molecule has 0 radical (unpaired) electrons. The fourth-order valence-electron chi connectivity index (χ4n) is 1.53. The molecule has 0 saturated heterocycles. The number of rotatable bonds is 2. The summed E-state index contributed by atoms with van der Waals surface area (Å²) >= 11 is 4.73. The summed E-state index contributed by atoms with van der Waals surface area (Å²) in [6, 6.07) is 0.356. The van der Waals surface area contributed by atoms with Crippen LogP contribution in [0.5, 0.6) is 0 Å². The SMILES string of the molecule is O[C@@H]1CC[C@H](Nc2nnc(Br)s2)C1. The maximum absolute atomic E-state index is 9.30. The van der Waals surface area contributed by atoms with E-state index in [0.29, 0.717) is 6.04 Å². The van der Waals surface area contributed by atoms with Crippen LogP contribution in [-0.4, -0.2) is 27.4 Å². The van der Waals surface area contributed by atoms with E-state index in [2.05, 4.69) is 31.4 Å². The summed E-state index contributed by atoms with van der Waals surface area (Å²) in [5, 5.41) is 21.1. The Balaban J connectivity index is 1.91. The Hall–Kier alpha value is -0.200. The van der Waals surface area contributed by atoms with Gasteiger partial charge in [-0.25, -0.2) is 0 Å². The van der Waals surface area contributed by atoms with E-state index >= 15 is 0 Å². The number of nitrogens with zero attached hydrogens (tertiary/aromatic N) is 2.